The van der Waals surface area contributed by atoms with Crippen molar-refractivity contribution in [3.8, 4) is 6.07 Å². The summed E-state index contributed by atoms with van der Waals surface area (Å²) in [4.78, 5) is 0. The van der Waals surface area contributed by atoms with Crippen LogP contribution in [0, 0.1) is 11.3 Å². The maximum atomic E-state index is 8.79. The monoisotopic (exact) mass is 408 g/mol. The number of anilines is 1. The van der Waals surface area contributed by atoms with E-state index in [9.17, 15) is 0 Å². The van der Waals surface area contributed by atoms with Crippen molar-refractivity contribution >= 4 is 11.3 Å². The molecule has 2 heteroatoms. The maximum Gasteiger partial charge on any atom is 0.0940 e. The Labute approximate surface area is 187 Å². The molecule has 0 aromatic heterocycles. The summed E-state index contributed by atoms with van der Waals surface area (Å²) in [6.07, 6.45) is 2.80. The highest BCUT2D eigenvalue weighted by molar-refractivity contribution is 5.78. The quantitative estimate of drug-likeness (QED) is 0.386. The zero-order valence-corrected chi connectivity index (χ0v) is 18.7. The van der Waals surface area contributed by atoms with E-state index in [1.807, 2.05) is 18.2 Å². The molecule has 0 spiro atoms. The predicted octanol–water partition coefficient (Wildman–Crippen LogP) is 7.79. The second-order valence-corrected chi connectivity index (χ2v) is 7.52. The average Bonchev–Trinajstić information content (AvgIpc) is 2.82. The Morgan fingerprint density at radius 2 is 1.48 bits per heavy atom. The van der Waals surface area contributed by atoms with Gasteiger partial charge in [-0.1, -0.05) is 94.1 Å². The van der Waals surface area contributed by atoms with Crippen molar-refractivity contribution in [2.75, 3.05) is 5.32 Å². The summed E-state index contributed by atoms with van der Waals surface area (Å²) < 4.78 is 0. The van der Waals surface area contributed by atoms with E-state index in [-0.39, 0.29) is 0 Å². The summed E-state index contributed by atoms with van der Waals surface area (Å²) in [6, 6.07) is 29.2. The highest BCUT2D eigenvalue weighted by Gasteiger charge is 2.03. The van der Waals surface area contributed by atoms with E-state index in [4.69, 9.17) is 5.26 Å². The molecule has 0 aliphatic heterocycles. The molecule has 0 heterocycles. The largest absolute Gasteiger partial charge is 0.381 e. The van der Waals surface area contributed by atoms with Gasteiger partial charge >= 0.3 is 0 Å². The first-order valence-electron chi connectivity index (χ1n) is 10.8. The normalized spacial score (nSPS) is 9.71. The van der Waals surface area contributed by atoms with Crippen LogP contribution in [0.15, 0.2) is 97.6 Å². The Hall–Kier alpha value is -3.57. The molecule has 0 amide bonds. The van der Waals surface area contributed by atoms with Crippen LogP contribution < -0.4 is 5.32 Å². The smallest absolute Gasteiger partial charge is 0.0940 e. The minimum absolute atomic E-state index is 0.624. The SMILES string of the molecule is C=C(C#N)CCc1ccc(NCc2cccc(C(=C)c3ccccc3)c2)cc1.CCC. The third kappa shape index (κ3) is 7.99. The van der Waals surface area contributed by atoms with Gasteiger partial charge in [0.05, 0.1) is 6.07 Å². The molecule has 3 aromatic rings. The standard InChI is InChI=1S/C26H24N2.C3H8/c1-20(18-27)11-12-22-13-15-26(16-14-22)28-19-23-7-6-10-25(17-23)21(2)24-8-4-3-5-9-24;1-3-2/h3-10,13-17,28H,1-2,11-12,19H2;3H2,1-2H3. The summed E-state index contributed by atoms with van der Waals surface area (Å²) in [7, 11) is 0. The summed E-state index contributed by atoms with van der Waals surface area (Å²) in [6.45, 7) is 13.0. The first-order chi connectivity index (χ1) is 15.1. The number of nitrogens with one attached hydrogen (secondary N) is 1. The van der Waals surface area contributed by atoms with Gasteiger partial charge in [0.2, 0.25) is 0 Å². The van der Waals surface area contributed by atoms with Crippen molar-refractivity contribution in [3.63, 3.8) is 0 Å². The Bertz CT molecular complexity index is 1010. The van der Waals surface area contributed by atoms with Crippen LogP contribution in [0.2, 0.25) is 0 Å². The van der Waals surface area contributed by atoms with Gasteiger partial charge in [0.15, 0.2) is 0 Å². The lowest BCUT2D eigenvalue weighted by atomic mass is 9.98. The number of nitrogens with zero attached hydrogens (tertiary/aromatic N) is 1. The molecule has 0 aliphatic rings. The van der Waals surface area contributed by atoms with Gasteiger partial charge in [-0.05, 0) is 58.9 Å². The van der Waals surface area contributed by atoms with E-state index in [0.29, 0.717) is 12.0 Å². The van der Waals surface area contributed by atoms with Gasteiger partial charge in [0.25, 0.3) is 0 Å². The number of nitriles is 1. The van der Waals surface area contributed by atoms with Crippen LogP contribution in [-0.2, 0) is 13.0 Å². The van der Waals surface area contributed by atoms with Crippen LogP contribution in [0.25, 0.3) is 5.57 Å². The Morgan fingerprint density at radius 3 is 2.13 bits per heavy atom. The number of hydrogen-bond acceptors (Lipinski definition) is 2. The van der Waals surface area contributed by atoms with Crippen LogP contribution in [0.1, 0.15) is 48.9 Å². The molecule has 0 fully saturated rings. The number of benzene rings is 3. The summed E-state index contributed by atoms with van der Waals surface area (Å²) in [5.41, 5.74) is 7.44. The molecule has 2 nitrogen and oxygen atoms in total. The molecule has 1 N–H and O–H groups in total. The maximum absolute atomic E-state index is 8.79. The van der Waals surface area contributed by atoms with Crippen LogP contribution >= 0.6 is 0 Å². The van der Waals surface area contributed by atoms with Gasteiger partial charge in [-0.2, -0.15) is 5.26 Å². The molecule has 0 atom stereocenters. The number of aryl methyl sites for hydroxylation is 1. The van der Waals surface area contributed by atoms with Gasteiger partial charge in [0.1, 0.15) is 0 Å². The van der Waals surface area contributed by atoms with E-state index < -0.39 is 0 Å². The molecule has 0 radical (unpaired) electrons. The molecular formula is C29H32N2. The highest BCUT2D eigenvalue weighted by Crippen LogP contribution is 2.22. The lowest BCUT2D eigenvalue weighted by Crippen LogP contribution is -2.00. The van der Waals surface area contributed by atoms with Crippen molar-refractivity contribution in [2.24, 2.45) is 0 Å². The molecule has 158 valence electrons. The van der Waals surface area contributed by atoms with Crippen molar-refractivity contribution < 1.29 is 0 Å². The number of allylic oxidation sites excluding steroid dienone is 1. The van der Waals surface area contributed by atoms with Crippen LogP contribution in [0.3, 0.4) is 0 Å². The van der Waals surface area contributed by atoms with Gasteiger partial charge in [-0.25, -0.2) is 0 Å². The summed E-state index contributed by atoms with van der Waals surface area (Å²) >= 11 is 0. The fourth-order valence-electron chi connectivity index (χ4n) is 3.02. The topological polar surface area (TPSA) is 35.8 Å². The Morgan fingerprint density at radius 1 is 0.839 bits per heavy atom. The molecule has 31 heavy (non-hydrogen) atoms. The predicted molar refractivity (Wildman–Crippen MR) is 134 cm³/mol. The van der Waals surface area contributed by atoms with Gasteiger partial charge in [-0.15, -0.1) is 0 Å². The van der Waals surface area contributed by atoms with Gasteiger partial charge in [0, 0.05) is 17.8 Å². The number of rotatable bonds is 8. The fourth-order valence-corrected chi connectivity index (χ4v) is 3.02. The zero-order valence-electron chi connectivity index (χ0n) is 18.7. The molecule has 3 aromatic carbocycles. The molecule has 0 saturated heterocycles. The third-order valence-corrected chi connectivity index (χ3v) is 4.72. The number of hydrogen-bond donors (Lipinski definition) is 1. The molecule has 3 rings (SSSR count). The van der Waals surface area contributed by atoms with E-state index in [1.165, 1.54) is 17.5 Å². The average molecular weight is 409 g/mol. The molecule has 0 aliphatic carbocycles. The van der Waals surface area contributed by atoms with Crippen molar-refractivity contribution in [1.82, 2.24) is 0 Å². The Kier molecular flexibility index (Phi) is 9.85. The molecule has 0 saturated carbocycles. The van der Waals surface area contributed by atoms with Crippen molar-refractivity contribution in [2.45, 2.75) is 39.7 Å². The third-order valence-electron chi connectivity index (χ3n) is 4.72. The lowest BCUT2D eigenvalue weighted by molar-refractivity contribution is 0.971. The van der Waals surface area contributed by atoms with Gasteiger partial charge < -0.3 is 5.32 Å². The van der Waals surface area contributed by atoms with E-state index in [0.717, 1.165) is 35.4 Å². The first-order valence-corrected chi connectivity index (χ1v) is 10.8. The van der Waals surface area contributed by atoms with Crippen LogP contribution in [0.4, 0.5) is 5.69 Å². The molecule has 0 bridgehead atoms. The molecule has 0 unspecified atom stereocenters. The van der Waals surface area contributed by atoms with E-state index >= 15 is 0 Å². The fraction of sp³-hybridized carbons (Fsp3) is 0.207. The Balaban J connectivity index is 0.00000107. The first kappa shape index (κ1) is 23.7. The van der Waals surface area contributed by atoms with Gasteiger partial charge in [-0.3, -0.25) is 0 Å². The molecular weight excluding hydrogens is 376 g/mol. The minimum Gasteiger partial charge on any atom is -0.381 e. The van der Waals surface area contributed by atoms with E-state index in [1.54, 1.807) is 0 Å². The second-order valence-electron chi connectivity index (χ2n) is 7.52. The second kappa shape index (κ2) is 12.9. The summed E-state index contributed by atoms with van der Waals surface area (Å²) in [5, 5.41) is 12.3. The van der Waals surface area contributed by atoms with E-state index in [2.05, 4.69) is 99.1 Å². The van der Waals surface area contributed by atoms with Crippen LogP contribution in [-0.4, -0.2) is 0 Å². The lowest BCUT2D eigenvalue weighted by Gasteiger charge is -2.11. The van der Waals surface area contributed by atoms with Crippen molar-refractivity contribution in [3.05, 3.63) is 120 Å². The minimum atomic E-state index is 0.624. The van der Waals surface area contributed by atoms with Crippen molar-refractivity contribution in [1.29, 1.82) is 5.26 Å². The van der Waals surface area contributed by atoms with Crippen LogP contribution in [0.5, 0.6) is 0 Å². The zero-order chi connectivity index (χ0) is 22.5. The summed E-state index contributed by atoms with van der Waals surface area (Å²) in [5.74, 6) is 0. The highest BCUT2D eigenvalue weighted by atomic mass is 14.9.